The largest absolute Gasteiger partial charge is 0.365 e. The molecule has 0 radical (unpaired) electrons. The second-order valence-corrected chi connectivity index (χ2v) is 7.65. The zero-order valence-electron chi connectivity index (χ0n) is 16.1. The maximum Gasteiger partial charge on any atom is 0.255 e. The topological polar surface area (TPSA) is 66.9 Å². The number of hydrogen-bond donors (Lipinski definition) is 2. The Morgan fingerprint density at radius 3 is 2.40 bits per heavy atom. The van der Waals surface area contributed by atoms with Crippen molar-refractivity contribution >= 4 is 51.5 Å². The van der Waals surface area contributed by atoms with E-state index in [-0.39, 0.29) is 11.2 Å². The number of nitrogens with zero attached hydrogens (tertiary/aromatic N) is 2. The molecule has 0 aliphatic heterocycles. The highest BCUT2D eigenvalue weighted by Gasteiger charge is 2.08. The number of anilines is 2. The van der Waals surface area contributed by atoms with Crippen LogP contribution in [0.1, 0.15) is 21.5 Å². The van der Waals surface area contributed by atoms with E-state index in [9.17, 15) is 4.79 Å². The Balaban J connectivity index is 1.43. The van der Waals surface area contributed by atoms with E-state index in [1.807, 2.05) is 49.4 Å². The Hall–Kier alpha value is -3.15. The van der Waals surface area contributed by atoms with E-state index < -0.39 is 0 Å². The molecule has 0 bridgehead atoms. The van der Waals surface area contributed by atoms with Gasteiger partial charge in [0.2, 0.25) is 5.28 Å². The maximum atomic E-state index is 12.3. The minimum absolute atomic E-state index is 0.185. The van der Waals surface area contributed by atoms with Crippen LogP contribution in [0, 0.1) is 6.92 Å². The van der Waals surface area contributed by atoms with Gasteiger partial charge in [-0.25, -0.2) is 9.97 Å². The van der Waals surface area contributed by atoms with Crippen LogP contribution < -0.4 is 10.6 Å². The number of hydrogen-bond acceptors (Lipinski definition) is 4. The Morgan fingerprint density at radius 2 is 1.67 bits per heavy atom. The number of fused-ring (bicyclic) bond motifs is 1. The predicted octanol–water partition coefficient (Wildman–Crippen LogP) is 6.11. The quantitative estimate of drug-likeness (QED) is 0.370. The monoisotopic (exact) mass is 436 g/mol. The van der Waals surface area contributed by atoms with Gasteiger partial charge in [-0.05, 0) is 78.2 Å². The summed E-state index contributed by atoms with van der Waals surface area (Å²) in [6, 6.07) is 20.3. The summed E-state index contributed by atoms with van der Waals surface area (Å²) < 4.78 is 0. The van der Waals surface area contributed by atoms with Crippen molar-refractivity contribution < 1.29 is 4.79 Å². The molecule has 4 aromatic rings. The molecule has 5 nitrogen and oxygen atoms in total. The Bertz CT molecular complexity index is 1200. The first-order valence-electron chi connectivity index (χ1n) is 9.31. The van der Waals surface area contributed by atoms with Crippen molar-refractivity contribution in [3.8, 4) is 0 Å². The summed E-state index contributed by atoms with van der Waals surface area (Å²) in [7, 11) is 0. The van der Waals surface area contributed by atoms with Crippen LogP contribution in [0.15, 0.2) is 66.7 Å². The van der Waals surface area contributed by atoms with Crippen LogP contribution >= 0.6 is 23.2 Å². The Labute approximate surface area is 184 Å². The molecular weight excluding hydrogens is 419 g/mol. The molecule has 2 N–H and O–H groups in total. The third-order valence-corrected chi connectivity index (χ3v) is 5.02. The first kappa shape index (κ1) is 20.1. The van der Waals surface area contributed by atoms with Crippen LogP contribution in [-0.2, 0) is 6.54 Å². The van der Waals surface area contributed by atoms with Crippen LogP contribution in [-0.4, -0.2) is 15.9 Å². The van der Waals surface area contributed by atoms with Crippen LogP contribution in [0.3, 0.4) is 0 Å². The van der Waals surface area contributed by atoms with E-state index in [0.717, 1.165) is 22.0 Å². The van der Waals surface area contributed by atoms with Gasteiger partial charge in [-0.3, -0.25) is 4.79 Å². The summed E-state index contributed by atoms with van der Waals surface area (Å²) in [5, 5.41) is 7.91. The molecule has 0 unspecified atom stereocenters. The summed E-state index contributed by atoms with van der Waals surface area (Å²) in [4.78, 5) is 20.9. The smallest absolute Gasteiger partial charge is 0.255 e. The van der Waals surface area contributed by atoms with Crippen molar-refractivity contribution in [2.24, 2.45) is 0 Å². The molecule has 4 rings (SSSR count). The van der Waals surface area contributed by atoms with Crippen molar-refractivity contribution in [2.45, 2.75) is 13.5 Å². The average molecular weight is 437 g/mol. The fourth-order valence-corrected chi connectivity index (χ4v) is 3.34. The van der Waals surface area contributed by atoms with Crippen LogP contribution in [0.5, 0.6) is 0 Å². The van der Waals surface area contributed by atoms with Crippen molar-refractivity contribution in [2.75, 3.05) is 10.6 Å². The Morgan fingerprint density at radius 1 is 0.933 bits per heavy atom. The third kappa shape index (κ3) is 4.70. The molecule has 1 amide bonds. The fraction of sp³-hybridized carbons (Fsp3) is 0.0870. The van der Waals surface area contributed by atoms with Crippen LogP contribution in [0.25, 0.3) is 10.9 Å². The average Bonchev–Trinajstić information content (AvgIpc) is 2.73. The standard InChI is InChI=1S/C23H18Cl2N4O/c1-14-2-11-19-20(12-14)28-23(25)29-21(19)26-13-15-3-9-18(10-4-15)27-22(30)16-5-7-17(24)8-6-16/h2-12H,13H2,1H3,(H,27,30)(H,26,28,29). The van der Waals surface area contributed by atoms with Crippen molar-refractivity contribution in [3.05, 3.63) is 93.7 Å². The summed E-state index contributed by atoms with van der Waals surface area (Å²) in [6.07, 6.45) is 0. The van der Waals surface area contributed by atoms with Gasteiger partial charge < -0.3 is 10.6 Å². The zero-order chi connectivity index (χ0) is 21.1. The van der Waals surface area contributed by atoms with Gasteiger partial charge in [0.1, 0.15) is 5.82 Å². The molecule has 0 fully saturated rings. The van der Waals surface area contributed by atoms with Gasteiger partial charge in [-0.1, -0.05) is 29.8 Å². The summed E-state index contributed by atoms with van der Waals surface area (Å²) in [5.74, 6) is 0.500. The number of carbonyl (C=O) groups is 1. The molecule has 0 saturated heterocycles. The molecule has 3 aromatic carbocycles. The van der Waals surface area contributed by atoms with E-state index in [1.165, 1.54) is 0 Å². The van der Waals surface area contributed by atoms with Crippen molar-refractivity contribution in [3.63, 3.8) is 0 Å². The molecule has 0 saturated carbocycles. The van der Waals surface area contributed by atoms with Crippen LogP contribution in [0.2, 0.25) is 10.3 Å². The number of amides is 1. The third-order valence-electron chi connectivity index (χ3n) is 4.60. The molecule has 7 heteroatoms. The molecule has 30 heavy (non-hydrogen) atoms. The number of halogens is 2. The summed E-state index contributed by atoms with van der Waals surface area (Å²) >= 11 is 11.9. The lowest BCUT2D eigenvalue weighted by atomic mass is 10.1. The minimum atomic E-state index is -0.185. The van der Waals surface area contributed by atoms with Gasteiger partial charge in [0, 0.05) is 28.2 Å². The first-order chi connectivity index (χ1) is 14.5. The second-order valence-electron chi connectivity index (χ2n) is 6.87. The fourth-order valence-electron chi connectivity index (χ4n) is 3.04. The molecule has 0 atom stereocenters. The molecular formula is C23H18Cl2N4O. The molecule has 0 aliphatic rings. The van der Waals surface area contributed by atoms with Gasteiger partial charge in [0.05, 0.1) is 5.52 Å². The van der Waals surface area contributed by atoms with Gasteiger partial charge in [0.15, 0.2) is 0 Å². The molecule has 150 valence electrons. The highest BCUT2D eigenvalue weighted by Crippen LogP contribution is 2.24. The number of nitrogens with one attached hydrogen (secondary N) is 2. The number of rotatable bonds is 5. The number of aryl methyl sites for hydroxylation is 1. The van der Waals surface area contributed by atoms with E-state index in [2.05, 4.69) is 20.6 Å². The normalized spacial score (nSPS) is 10.8. The molecule has 1 aromatic heterocycles. The number of carbonyl (C=O) groups excluding carboxylic acids is 1. The molecule has 0 spiro atoms. The van der Waals surface area contributed by atoms with Gasteiger partial charge in [0.25, 0.3) is 5.91 Å². The van der Waals surface area contributed by atoms with E-state index in [0.29, 0.717) is 28.6 Å². The van der Waals surface area contributed by atoms with Gasteiger partial charge >= 0.3 is 0 Å². The lowest BCUT2D eigenvalue weighted by Gasteiger charge is -2.11. The molecule has 0 aliphatic carbocycles. The SMILES string of the molecule is Cc1ccc2c(NCc3ccc(NC(=O)c4ccc(Cl)cc4)cc3)nc(Cl)nc2c1. The van der Waals surface area contributed by atoms with E-state index >= 15 is 0 Å². The predicted molar refractivity (Wildman–Crippen MR) is 122 cm³/mol. The van der Waals surface area contributed by atoms with Gasteiger partial charge in [-0.15, -0.1) is 0 Å². The summed E-state index contributed by atoms with van der Waals surface area (Å²) in [5.41, 5.74) is 4.21. The van der Waals surface area contributed by atoms with E-state index in [1.54, 1.807) is 24.3 Å². The summed E-state index contributed by atoms with van der Waals surface area (Å²) in [6.45, 7) is 2.57. The van der Waals surface area contributed by atoms with Crippen molar-refractivity contribution in [1.82, 2.24) is 9.97 Å². The van der Waals surface area contributed by atoms with E-state index in [4.69, 9.17) is 23.2 Å². The minimum Gasteiger partial charge on any atom is -0.365 e. The van der Waals surface area contributed by atoms with Gasteiger partial charge in [-0.2, -0.15) is 0 Å². The highest BCUT2D eigenvalue weighted by atomic mass is 35.5. The number of benzene rings is 3. The van der Waals surface area contributed by atoms with Crippen molar-refractivity contribution in [1.29, 1.82) is 0 Å². The highest BCUT2D eigenvalue weighted by molar-refractivity contribution is 6.30. The Kier molecular flexibility index (Phi) is 5.84. The lowest BCUT2D eigenvalue weighted by molar-refractivity contribution is 0.102. The lowest BCUT2D eigenvalue weighted by Crippen LogP contribution is -2.11. The van der Waals surface area contributed by atoms with Crippen LogP contribution in [0.4, 0.5) is 11.5 Å². The maximum absolute atomic E-state index is 12.3. The molecule has 1 heterocycles. The second kappa shape index (κ2) is 8.69. The first-order valence-corrected chi connectivity index (χ1v) is 10.1. The number of aromatic nitrogens is 2. The zero-order valence-corrected chi connectivity index (χ0v) is 17.6.